The Bertz CT molecular complexity index is 1470. The molecule has 1 saturated heterocycles. The lowest BCUT2D eigenvalue weighted by Gasteiger charge is -2.28. The number of ether oxygens (including phenoxy) is 2. The minimum absolute atomic E-state index is 0.266. The summed E-state index contributed by atoms with van der Waals surface area (Å²) in [7, 11) is 0. The van der Waals surface area contributed by atoms with Crippen molar-refractivity contribution < 1.29 is 19.4 Å². The van der Waals surface area contributed by atoms with Crippen LogP contribution >= 0.6 is 22.9 Å². The standard InChI is InChI=1S/C29H30ClN3O4S/c1-16-15-21-25(38-27(33-21)20-9-12-31-26(32-20)18-10-13-36-14-11-18)23(17-5-7-19(30)8-6-17)22(16)24(28(34)35)37-29(2,3)4/h5-9,12,15,18,24H,10-11,13-14H2,1-4H3,(H,34,35)/t24-/m0/s1. The van der Waals surface area contributed by atoms with E-state index in [1.54, 1.807) is 6.20 Å². The van der Waals surface area contributed by atoms with Gasteiger partial charge in [0.25, 0.3) is 0 Å². The van der Waals surface area contributed by atoms with Gasteiger partial charge in [-0.3, -0.25) is 0 Å². The summed E-state index contributed by atoms with van der Waals surface area (Å²) in [6, 6.07) is 11.2. The van der Waals surface area contributed by atoms with E-state index in [-0.39, 0.29) is 5.92 Å². The van der Waals surface area contributed by atoms with Crippen LogP contribution in [0.4, 0.5) is 0 Å². The average molecular weight is 552 g/mol. The number of thiazole rings is 1. The average Bonchev–Trinajstić information content (AvgIpc) is 3.31. The Hall–Kier alpha value is -2.91. The molecule has 3 heterocycles. The maximum Gasteiger partial charge on any atom is 0.337 e. The summed E-state index contributed by atoms with van der Waals surface area (Å²) in [5.74, 6) is 0.0334. The second-order valence-corrected chi connectivity index (χ2v) is 11.9. The van der Waals surface area contributed by atoms with Gasteiger partial charge in [0.2, 0.25) is 0 Å². The van der Waals surface area contributed by atoms with Gasteiger partial charge in [-0.15, -0.1) is 11.3 Å². The number of carboxylic acid groups (broad SMARTS) is 1. The molecule has 5 rings (SSSR count). The van der Waals surface area contributed by atoms with Crippen molar-refractivity contribution in [2.75, 3.05) is 13.2 Å². The van der Waals surface area contributed by atoms with Crippen LogP contribution in [0.3, 0.4) is 0 Å². The molecule has 1 atom stereocenters. The van der Waals surface area contributed by atoms with Crippen LogP contribution in [0.1, 0.15) is 62.6 Å². The van der Waals surface area contributed by atoms with E-state index in [2.05, 4.69) is 4.98 Å². The predicted octanol–water partition coefficient (Wildman–Crippen LogP) is 7.22. The molecular weight excluding hydrogens is 522 g/mol. The van der Waals surface area contributed by atoms with Crippen LogP contribution in [0.15, 0.2) is 42.6 Å². The van der Waals surface area contributed by atoms with E-state index in [4.69, 9.17) is 31.0 Å². The fourth-order valence-corrected chi connectivity index (χ4v) is 6.01. The van der Waals surface area contributed by atoms with Crippen molar-refractivity contribution in [2.24, 2.45) is 0 Å². The third-order valence-electron chi connectivity index (χ3n) is 6.50. The molecule has 0 unspecified atom stereocenters. The number of aryl methyl sites for hydroxylation is 1. The molecule has 1 N–H and O–H groups in total. The fraction of sp³-hybridized carbons (Fsp3) is 0.379. The summed E-state index contributed by atoms with van der Waals surface area (Å²) >= 11 is 7.69. The molecule has 0 spiro atoms. The van der Waals surface area contributed by atoms with E-state index >= 15 is 0 Å². The second kappa shape index (κ2) is 10.7. The predicted molar refractivity (Wildman–Crippen MR) is 150 cm³/mol. The van der Waals surface area contributed by atoms with E-state index in [0.29, 0.717) is 23.8 Å². The quantitative estimate of drug-likeness (QED) is 0.270. The second-order valence-electron chi connectivity index (χ2n) is 10.5. The number of carboxylic acids is 1. The fourth-order valence-electron chi connectivity index (χ4n) is 4.79. The Balaban J connectivity index is 1.70. The number of aromatic nitrogens is 3. The lowest BCUT2D eigenvalue weighted by atomic mass is 9.91. The van der Waals surface area contributed by atoms with Crippen molar-refractivity contribution in [1.29, 1.82) is 0 Å². The van der Waals surface area contributed by atoms with Crippen molar-refractivity contribution >= 4 is 39.1 Å². The first-order chi connectivity index (χ1) is 18.1. The smallest absolute Gasteiger partial charge is 0.337 e. The molecule has 1 fully saturated rings. The highest BCUT2D eigenvalue weighted by Gasteiger charge is 2.32. The summed E-state index contributed by atoms with van der Waals surface area (Å²) in [6.07, 6.45) is 2.43. The zero-order valence-electron chi connectivity index (χ0n) is 21.8. The van der Waals surface area contributed by atoms with E-state index in [0.717, 1.165) is 56.3 Å². The van der Waals surface area contributed by atoms with Gasteiger partial charge in [0.05, 0.1) is 15.8 Å². The Kier molecular flexibility index (Phi) is 7.51. The lowest BCUT2D eigenvalue weighted by Crippen LogP contribution is -2.28. The van der Waals surface area contributed by atoms with Gasteiger partial charge in [0, 0.05) is 41.5 Å². The first-order valence-electron chi connectivity index (χ1n) is 12.6. The Morgan fingerprint density at radius 1 is 1.16 bits per heavy atom. The van der Waals surface area contributed by atoms with Gasteiger partial charge in [-0.1, -0.05) is 23.7 Å². The SMILES string of the molecule is Cc1cc2nc(-c3ccnc(C4CCOCC4)n3)sc2c(-c2ccc(Cl)cc2)c1[C@H](OC(C)(C)C)C(=O)O. The number of carbonyl (C=O) groups is 1. The summed E-state index contributed by atoms with van der Waals surface area (Å²) in [5, 5.41) is 11.6. The van der Waals surface area contributed by atoms with Crippen molar-refractivity contribution in [3.05, 3.63) is 64.6 Å². The normalized spacial score (nSPS) is 15.6. The Morgan fingerprint density at radius 2 is 1.87 bits per heavy atom. The Labute approximate surface area is 230 Å². The van der Waals surface area contributed by atoms with Gasteiger partial charge in [-0.05, 0) is 75.9 Å². The zero-order valence-corrected chi connectivity index (χ0v) is 23.4. The van der Waals surface area contributed by atoms with Gasteiger partial charge >= 0.3 is 5.97 Å². The highest BCUT2D eigenvalue weighted by Crippen LogP contribution is 2.44. The summed E-state index contributed by atoms with van der Waals surface area (Å²) < 4.78 is 12.5. The molecule has 0 saturated carbocycles. The minimum atomic E-state index is -1.16. The van der Waals surface area contributed by atoms with Crippen molar-refractivity contribution in [3.8, 4) is 21.8 Å². The summed E-state index contributed by atoms with van der Waals surface area (Å²) in [4.78, 5) is 26.9. The van der Waals surface area contributed by atoms with Gasteiger partial charge in [-0.25, -0.2) is 19.7 Å². The monoisotopic (exact) mass is 551 g/mol. The van der Waals surface area contributed by atoms with Crippen LogP contribution in [0.2, 0.25) is 5.02 Å². The summed E-state index contributed by atoms with van der Waals surface area (Å²) in [5.41, 5.74) is 3.91. The number of hydrogen-bond acceptors (Lipinski definition) is 7. The third kappa shape index (κ3) is 5.59. The van der Waals surface area contributed by atoms with Crippen LogP contribution < -0.4 is 0 Å². The molecular formula is C29H30ClN3O4S. The van der Waals surface area contributed by atoms with Gasteiger partial charge in [-0.2, -0.15) is 0 Å². The highest BCUT2D eigenvalue weighted by molar-refractivity contribution is 7.22. The number of aliphatic carboxylic acids is 1. The lowest BCUT2D eigenvalue weighted by molar-refractivity contribution is -0.160. The van der Waals surface area contributed by atoms with Gasteiger partial charge < -0.3 is 14.6 Å². The van der Waals surface area contributed by atoms with E-state index in [1.165, 1.54) is 11.3 Å². The minimum Gasteiger partial charge on any atom is -0.479 e. The third-order valence-corrected chi connectivity index (χ3v) is 7.86. The molecule has 0 radical (unpaired) electrons. The Morgan fingerprint density at radius 3 is 2.53 bits per heavy atom. The number of benzene rings is 2. The first-order valence-corrected chi connectivity index (χ1v) is 13.8. The maximum absolute atomic E-state index is 12.5. The van der Waals surface area contributed by atoms with Crippen LogP contribution in [0.25, 0.3) is 32.0 Å². The molecule has 1 aliphatic heterocycles. The molecule has 38 heavy (non-hydrogen) atoms. The van der Waals surface area contributed by atoms with Gasteiger partial charge in [0.1, 0.15) is 16.5 Å². The number of hydrogen-bond donors (Lipinski definition) is 1. The van der Waals surface area contributed by atoms with E-state index in [9.17, 15) is 9.90 Å². The molecule has 0 bridgehead atoms. The first kappa shape index (κ1) is 26.7. The molecule has 198 valence electrons. The highest BCUT2D eigenvalue weighted by atomic mass is 35.5. The number of fused-ring (bicyclic) bond motifs is 1. The molecule has 2 aromatic heterocycles. The molecule has 7 nitrogen and oxygen atoms in total. The van der Waals surface area contributed by atoms with Gasteiger partial charge in [0.15, 0.2) is 6.10 Å². The largest absolute Gasteiger partial charge is 0.479 e. The number of halogens is 1. The van der Waals surface area contributed by atoms with Crippen molar-refractivity contribution in [1.82, 2.24) is 15.0 Å². The molecule has 0 amide bonds. The topological polar surface area (TPSA) is 94.4 Å². The molecule has 1 aliphatic rings. The molecule has 0 aliphatic carbocycles. The molecule has 4 aromatic rings. The van der Waals surface area contributed by atoms with Crippen LogP contribution in [0, 0.1) is 6.92 Å². The zero-order chi connectivity index (χ0) is 27.0. The van der Waals surface area contributed by atoms with E-state index in [1.807, 2.05) is 64.1 Å². The number of rotatable bonds is 6. The van der Waals surface area contributed by atoms with Crippen LogP contribution in [-0.4, -0.2) is 44.8 Å². The van der Waals surface area contributed by atoms with Crippen molar-refractivity contribution in [3.63, 3.8) is 0 Å². The van der Waals surface area contributed by atoms with Crippen LogP contribution in [0.5, 0.6) is 0 Å². The molecule has 9 heteroatoms. The van der Waals surface area contributed by atoms with Crippen LogP contribution in [-0.2, 0) is 14.3 Å². The molecule has 2 aromatic carbocycles. The van der Waals surface area contributed by atoms with Crippen molar-refractivity contribution in [2.45, 2.75) is 58.2 Å². The maximum atomic E-state index is 12.5. The number of nitrogens with zero attached hydrogens (tertiary/aromatic N) is 3. The van der Waals surface area contributed by atoms with E-state index < -0.39 is 17.7 Å². The summed E-state index contributed by atoms with van der Waals surface area (Å²) in [6.45, 7) is 8.90.